The molecule has 7 heavy (non-hydrogen) atoms. The zero-order chi connectivity index (χ0) is 5.28. The Bertz CT molecular complexity index is 94.9. The first-order valence-electron chi connectivity index (χ1n) is 1.67. The molecular formula is C2H3BrClN3. The van der Waals surface area contributed by atoms with Crippen molar-refractivity contribution in [1.29, 1.82) is 0 Å². The molecular weight excluding hydrogens is 181 g/mol. The van der Waals surface area contributed by atoms with Gasteiger partial charge in [0, 0.05) is 0 Å². The number of hydrogen-bond acceptors (Lipinski definition) is 3. The molecule has 0 radical (unpaired) electrons. The van der Waals surface area contributed by atoms with Crippen LogP contribution in [0.3, 0.4) is 0 Å². The highest BCUT2D eigenvalue weighted by Gasteiger charge is 2.11. The minimum absolute atomic E-state index is 0.236. The van der Waals surface area contributed by atoms with Gasteiger partial charge in [0.05, 0.1) is 16.1 Å². The van der Waals surface area contributed by atoms with Gasteiger partial charge in [-0.2, -0.15) is 5.10 Å². The molecule has 0 aromatic carbocycles. The van der Waals surface area contributed by atoms with E-state index in [-0.39, 0.29) is 5.62 Å². The highest BCUT2D eigenvalue weighted by atomic mass is 79.9. The predicted octanol–water partition coefficient (Wildman–Crippen LogP) is 0.667. The molecule has 0 amide bonds. The molecule has 1 aliphatic heterocycles. The molecule has 1 rings (SSSR count). The summed E-state index contributed by atoms with van der Waals surface area (Å²) in [5.41, 5.74) is 2.35. The smallest absolute Gasteiger partial charge is 0.202 e. The fraction of sp³-hybridized carbons (Fsp3) is 0.500. The van der Waals surface area contributed by atoms with E-state index < -0.39 is 0 Å². The molecule has 40 valence electrons. The molecule has 1 N–H and O–H groups in total. The van der Waals surface area contributed by atoms with Crippen LogP contribution in [0.5, 0.6) is 0 Å². The topological polar surface area (TPSA) is 27.6 Å². The summed E-state index contributed by atoms with van der Waals surface area (Å²) >= 11 is 8.60. The van der Waals surface area contributed by atoms with Gasteiger partial charge in [-0.25, -0.2) is 0 Å². The van der Waals surface area contributed by atoms with Crippen LogP contribution in [0.15, 0.2) is 5.10 Å². The van der Waals surface area contributed by atoms with Gasteiger partial charge >= 0.3 is 0 Å². The van der Waals surface area contributed by atoms with Gasteiger partial charge in [-0.05, 0) is 0 Å². The number of rotatable bonds is 0. The summed E-state index contributed by atoms with van der Waals surface area (Å²) in [6, 6.07) is 0. The van der Waals surface area contributed by atoms with Gasteiger partial charge in [-0.15, -0.1) is 0 Å². The van der Waals surface area contributed by atoms with E-state index in [1.165, 1.54) is 0 Å². The van der Waals surface area contributed by atoms with Crippen LogP contribution in [0, 0.1) is 0 Å². The first-order chi connectivity index (χ1) is 3.30. The molecule has 0 spiro atoms. The largest absolute Gasteiger partial charge is 0.272 e. The summed E-state index contributed by atoms with van der Waals surface area (Å²) in [6.07, 6.45) is 1.55. The highest BCUT2D eigenvalue weighted by molar-refractivity contribution is 9.07. The molecule has 0 bridgehead atoms. The quantitative estimate of drug-likeness (QED) is 0.340. The first kappa shape index (κ1) is 5.18. The number of halogens is 2. The van der Waals surface area contributed by atoms with Crippen LogP contribution in [-0.4, -0.2) is 15.9 Å². The number of nitrogens with one attached hydrogen (secondary N) is 1. The van der Waals surface area contributed by atoms with Crippen molar-refractivity contribution < 1.29 is 0 Å². The van der Waals surface area contributed by atoms with E-state index in [1.807, 2.05) is 0 Å². The lowest BCUT2D eigenvalue weighted by molar-refractivity contribution is 0.596. The average molecular weight is 184 g/mol. The maximum absolute atomic E-state index is 5.51. The zero-order valence-electron chi connectivity index (χ0n) is 3.31. The van der Waals surface area contributed by atoms with Crippen LogP contribution in [0.2, 0.25) is 0 Å². The molecule has 5 heteroatoms. The Morgan fingerprint density at radius 3 is 2.86 bits per heavy atom. The van der Waals surface area contributed by atoms with Gasteiger partial charge in [0.2, 0.25) is 5.62 Å². The van der Waals surface area contributed by atoms with Crippen LogP contribution >= 0.6 is 27.7 Å². The van der Waals surface area contributed by atoms with Crippen molar-refractivity contribution in [3.63, 3.8) is 0 Å². The van der Waals surface area contributed by atoms with Crippen LogP contribution in [0.4, 0.5) is 0 Å². The highest BCUT2D eigenvalue weighted by Crippen LogP contribution is 2.07. The van der Waals surface area contributed by atoms with Crippen molar-refractivity contribution in [3.05, 3.63) is 0 Å². The Morgan fingerprint density at radius 2 is 2.71 bits per heavy atom. The second kappa shape index (κ2) is 1.88. The van der Waals surface area contributed by atoms with Gasteiger partial charge in [-0.3, -0.25) is 9.35 Å². The lowest BCUT2D eigenvalue weighted by Crippen LogP contribution is -2.22. The summed E-state index contributed by atoms with van der Waals surface area (Å²) in [4.78, 5) is 0. The standard InChI is InChI=1S/C2H3BrClN3/c3-7-1-5-6-2(7)4/h1-2,6H. The van der Waals surface area contributed by atoms with E-state index in [4.69, 9.17) is 11.6 Å². The lowest BCUT2D eigenvalue weighted by atomic mass is 11.1. The fourth-order valence-corrected chi connectivity index (χ4v) is 0.554. The predicted molar refractivity (Wildman–Crippen MR) is 32.0 cm³/mol. The second-order valence-corrected chi connectivity index (χ2v) is 2.29. The third kappa shape index (κ3) is 0.978. The van der Waals surface area contributed by atoms with E-state index in [0.717, 1.165) is 0 Å². The van der Waals surface area contributed by atoms with Gasteiger partial charge in [0.25, 0.3) is 0 Å². The summed E-state index contributed by atoms with van der Waals surface area (Å²) in [6.45, 7) is 0. The van der Waals surface area contributed by atoms with Crippen molar-refractivity contribution in [2.45, 2.75) is 5.62 Å². The molecule has 1 atom stereocenters. The number of hydrogen-bond donors (Lipinski definition) is 1. The van der Waals surface area contributed by atoms with E-state index in [1.54, 1.807) is 10.3 Å². The molecule has 0 fully saturated rings. The normalized spacial score (nSPS) is 28.3. The Hall–Kier alpha value is 0.0400. The van der Waals surface area contributed by atoms with Crippen LogP contribution in [-0.2, 0) is 0 Å². The SMILES string of the molecule is ClC1NN=CN1Br. The average Bonchev–Trinajstić information content (AvgIpc) is 1.91. The van der Waals surface area contributed by atoms with Crippen molar-refractivity contribution in [2.24, 2.45) is 5.10 Å². The Kier molecular flexibility index (Phi) is 1.39. The minimum Gasteiger partial charge on any atom is -0.272 e. The zero-order valence-corrected chi connectivity index (χ0v) is 5.65. The molecule has 1 aliphatic rings. The lowest BCUT2D eigenvalue weighted by Gasteiger charge is -2.06. The minimum atomic E-state index is -0.236. The third-order valence-electron chi connectivity index (χ3n) is 0.566. The maximum atomic E-state index is 5.51. The van der Waals surface area contributed by atoms with E-state index in [0.29, 0.717) is 0 Å². The van der Waals surface area contributed by atoms with Crippen LogP contribution in [0.25, 0.3) is 0 Å². The van der Waals surface area contributed by atoms with Crippen molar-refractivity contribution in [1.82, 2.24) is 9.35 Å². The van der Waals surface area contributed by atoms with Gasteiger partial charge in [0.15, 0.2) is 0 Å². The monoisotopic (exact) mass is 183 g/mol. The molecule has 1 heterocycles. The van der Waals surface area contributed by atoms with Crippen molar-refractivity contribution >= 4 is 34.1 Å². The Morgan fingerprint density at radius 1 is 2.00 bits per heavy atom. The van der Waals surface area contributed by atoms with Crippen molar-refractivity contribution in [3.8, 4) is 0 Å². The molecule has 3 nitrogen and oxygen atoms in total. The molecule has 0 aliphatic carbocycles. The maximum Gasteiger partial charge on any atom is 0.202 e. The molecule has 0 saturated heterocycles. The fourth-order valence-electron chi connectivity index (χ4n) is 0.264. The number of hydrazone groups is 1. The van der Waals surface area contributed by atoms with Gasteiger partial charge < -0.3 is 0 Å². The van der Waals surface area contributed by atoms with E-state index in [2.05, 4.69) is 26.7 Å². The molecule has 1 unspecified atom stereocenters. The Labute approximate surface area is 54.7 Å². The van der Waals surface area contributed by atoms with Crippen LogP contribution < -0.4 is 5.43 Å². The Balaban J connectivity index is 2.45. The van der Waals surface area contributed by atoms with Crippen molar-refractivity contribution in [2.75, 3.05) is 0 Å². The van der Waals surface area contributed by atoms with Gasteiger partial charge in [-0.1, -0.05) is 11.6 Å². The molecule has 0 aromatic heterocycles. The molecule has 0 saturated carbocycles. The summed E-state index contributed by atoms with van der Waals surface area (Å²) in [5, 5.41) is 3.62. The summed E-state index contributed by atoms with van der Waals surface area (Å²) < 4.78 is 1.58. The summed E-state index contributed by atoms with van der Waals surface area (Å²) in [5.74, 6) is 0. The summed E-state index contributed by atoms with van der Waals surface area (Å²) in [7, 11) is 0. The number of alkyl halides is 1. The third-order valence-corrected chi connectivity index (χ3v) is 1.70. The molecule has 0 aromatic rings. The second-order valence-electron chi connectivity index (χ2n) is 1.05. The van der Waals surface area contributed by atoms with Gasteiger partial charge in [0.1, 0.15) is 6.34 Å². The van der Waals surface area contributed by atoms with E-state index in [9.17, 15) is 0 Å². The van der Waals surface area contributed by atoms with Crippen LogP contribution in [0.1, 0.15) is 0 Å². The number of nitrogens with zero attached hydrogens (tertiary/aromatic N) is 2. The first-order valence-corrected chi connectivity index (χ1v) is 2.82. The van der Waals surface area contributed by atoms with E-state index >= 15 is 0 Å².